The van der Waals surface area contributed by atoms with Crippen molar-refractivity contribution >= 4 is 34.2 Å². The number of hydrogen-bond acceptors (Lipinski definition) is 6. The molecule has 5 rings (SSSR count). The highest BCUT2D eigenvalue weighted by molar-refractivity contribution is 6.04. The van der Waals surface area contributed by atoms with Crippen LogP contribution in [0.25, 0.3) is 10.8 Å². The largest absolute Gasteiger partial charge is 0.466 e. The smallest absolute Gasteiger partial charge is 0.312 e. The number of rotatable bonds is 6. The minimum atomic E-state index is -1.09. The second-order valence-electron chi connectivity index (χ2n) is 8.61. The monoisotopic (exact) mass is 438 g/mol. The lowest BCUT2D eigenvalue weighted by atomic mass is 9.71. The number of carbonyl (C=O) groups is 3. The Morgan fingerprint density at radius 2 is 2.03 bits per heavy atom. The van der Waals surface area contributed by atoms with E-state index in [-0.39, 0.29) is 31.6 Å². The SMILES string of the molecule is CCOC(=O)[C@@H]1[C@@H]2CCC3(O2)C(C(=O)Nc2ccc4ccccc4c2)N(CCO)C(=O)[C@H]13. The van der Waals surface area contributed by atoms with E-state index in [1.807, 2.05) is 42.5 Å². The second-order valence-corrected chi connectivity index (χ2v) is 8.61. The van der Waals surface area contributed by atoms with Gasteiger partial charge in [0, 0.05) is 12.2 Å². The first-order chi connectivity index (χ1) is 15.5. The zero-order valence-corrected chi connectivity index (χ0v) is 17.8. The van der Waals surface area contributed by atoms with Crippen LogP contribution in [0.2, 0.25) is 0 Å². The predicted molar refractivity (Wildman–Crippen MR) is 116 cm³/mol. The summed E-state index contributed by atoms with van der Waals surface area (Å²) in [5.41, 5.74) is -0.477. The molecule has 8 nitrogen and oxygen atoms in total. The van der Waals surface area contributed by atoms with Crippen LogP contribution in [0.4, 0.5) is 5.69 Å². The number of benzene rings is 2. The molecule has 2 N–H and O–H groups in total. The topological polar surface area (TPSA) is 105 Å². The van der Waals surface area contributed by atoms with Gasteiger partial charge < -0.3 is 24.8 Å². The first-order valence-electron chi connectivity index (χ1n) is 11.1. The summed E-state index contributed by atoms with van der Waals surface area (Å²) in [4.78, 5) is 40.9. The summed E-state index contributed by atoms with van der Waals surface area (Å²) < 4.78 is 11.5. The molecule has 2 unspecified atom stereocenters. The van der Waals surface area contributed by atoms with Gasteiger partial charge in [0.15, 0.2) is 0 Å². The summed E-state index contributed by atoms with van der Waals surface area (Å²) in [7, 11) is 0. The zero-order valence-electron chi connectivity index (χ0n) is 17.8. The molecule has 0 radical (unpaired) electrons. The van der Waals surface area contributed by atoms with Crippen molar-refractivity contribution < 1.29 is 29.0 Å². The number of anilines is 1. The Morgan fingerprint density at radius 1 is 1.25 bits per heavy atom. The highest BCUT2D eigenvalue weighted by Gasteiger charge is 2.74. The third-order valence-corrected chi connectivity index (χ3v) is 6.97. The first kappa shape index (κ1) is 20.9. The van der Waals surface area contributed by atoms with Crippen LogP contribution in [0, 0.1) is 11.8 Å². The fraction of sp³-hybridized carbons (Fsp3) is 0.458. The second kappa shape index (κ2) is 7.86. The van der Waals surface area contributed by atoms with Crippen molar-refractivity contribution in [2.24, 2.45) is 11.8 Å². The molecule has 3 saturated heterocycles. The third kappa shape index (κ3) is 3.01. The van der Waals surface area contributed by atoms with Crippen molar-refractivity contribution in [2.75, 3.05) is 25.1 Å². The van der Waals surface area contributed by atoms with Crippen LogP contribution in [0.15, 0.2) is 42.5 Å². The van der Waals surface area contributed by atoms with Crippen molar-refractivity contribution in [3.05, 3.63) is 42.5 Å². The third-order valence-electron chi connectivity index (χ3n) is 6.97. The highest BCUT2D eigenvalue weighted by Crippen LogP contribution is 2.58. The van der Waals surface area contributed by atoms with Gasteiger partial charge in [0.1, 0.15) is 11.6 Å². The van der Waals surface area contributed by atoms with Crippen molar-refractivity contribution in [3.8, 4) is 0 Å². The van der Waals surface area contributed by atoms with E-state index in [1.54, 1.807) is 6.92 Å². The maximum absolute atomic E-state index is 13.5. The lowest BCUT2D eigenvalue weighted by Gasteiger charge is -2.33. The molecule has 3 fully saturated rings. The van der Waals surface area contributed by atoms with Crippen LogP contribution in [-0.2, 0) is 23.9 Å². The summed E-state index contributed by atoms with van der Waals surface area (Å²) in [6, 6.07) is 12.5. The number of aliphatic hydroxyl groups excluding tert-OH is 1. The van der Waals surface area contributed by atoms with E-state index in [0.717, 1.165) is 10.8 Å². The van der Waals surface area contributed by atoms with Crippen molar-refractivity contribution in [1.29, 1.82) is 0 Å². The van der Waals surface area contributed by atoms with Crippen LogP contribution in [0.1, 0.15) is 19.8 Å². The Balaban J connectivity index is 1.48. The van der Waals surface area contributed by atoms with Crippen molar-refractivity contribution in [2.45, 2.75) is 37.5 Å². The predicted octanol–water partition coefficient (Wildman–Crippen LogP) is 1.71. The molecule has 3 aliphatic heterocycles. The van der Waals surface area contributed by atoms with Gasteiger partial charge in [0.2, 0.25) is 11.8 Å². The summed E-state index contributed by atoms with van der Waals surface area (Å²) in [5, 5.41) is 14.6. The highest BCUT2D eigenvalue weighted by atomic mass is 16.6. The molecule has 5 atom stereocenters. The minimum absolute atomic E-state index is 0.00351. The molecule has 2 amide bonds. The minimum Gasteiger partial charge on any atom is -0.466 e. The van der Waals surface area contributed by atoms with Crippen molar-refractivity contribution in [3.63, 3.8) is 0 Å². The maximum Gasteiger partial charge on any atom is 0.312 e. The van der Waals surface area contributed by atoms with E-state index >= 15 is 0 Å². The molecule has 0 aliphatic carbocycles. The molecule has 1 spiro atoms. The Kier molecular flexibility index (Phi) is 5.14. The van der Waals surface area contributed by atoms with E-state index in [2.05, 4.69) is 5.32 Å². The van der Waals surface area contributed by atoms with Crippen LogP contribution in [0.3, 0.4) is 0 Å². The standard InChI is InChI=1S/C24H26N2O6/c1-2-31-23(30)18-17-9-10-24(32-17)19(18)22(29)26(11-12-27)20(24)21(28)25-16-8-7-14-5-3-4-6-15(14)13-16/h3-8,13,17-20,27H,2,9-12H2,1H3,(H,25,28)/t17-,18+,19-,20?,24?/m0/s1. The molecule has 2 aromatic carbocycles. The Hall–Kier alpha value is -2.97. The van der Waals surface area contributed by atoms with Crippen molar-refractivity contribution in [1.82, 2.24) is 4.90 Å². The number of aliphatic hydroxyl groups is 1. The fourth-order valence-corrected chi connectivity index (χ4v) is 5.79. The molecule has 2 bridgehead atoms. The maximum atomic E-state index is 13.5. The summed E-state index contributed by atoms with van der Waals surface area (Å²) in [6.07, 6.45) is 0.650. The average molecular weight is 438 g/mol. The molecule has 2 aromatic rings. The van der Waals surface area contributed by atoms with Gasteiger partial charge >= 0.3 is 5.97 Å². The van der Waals surface area contributed by atoms with E-state index in [4.69, 9.17) is 9.47 Å². The number of ether oxygens (including phenoxy) is 2. The van der Waals surface area contributed by atoms with E-state index in [0.29, 0.717) is 18.5 Å². The molecular weight excluding hydrogens is 412 g/mol. The number of hydrogen-bond donors (Lipinski definition) is 2. The number of nitrogens with zero attached hydrogens (tertiary/aromatic N) is 1. The van der Waals surface area contributed by atoms with Gasteiger partial charge in [0.25, 0.3) is 0 Å². The Bertz CT molecular complexity index is 1090. The molecule has 0 aromatic heterocycles. The lowest BCUT2D eigenvalue weighted by molar-refractivity contribution is -0.154. The zero-order chi connectivity index (χ0) is 22.5. The number of nitrogens with one attached hydrogen (secondary N) is 1. The number of β-amino-alcohol motifs (C(OH)–C–C–N with tert-alkyl or cyclic N) is 1. The first-order valence-corrected chi connectivity index (χ1v) is 11.1. The molecule has 3 heterocycles. The van der Waals surface area contributed by atoms with Gasteiger partial charge in [-0.05, 0) is 42.7 Å². The quantitative estimate of drug-likeness (QED) is 0.666. The summed E-state index contributed by atoms with van der Waals surface area (Å²) in [5.74, 6) is -2.68. The summed E-state index contributed by atoms with van der Waals surface area (Å²) >= 11 is 0. The van der Waals surface area contributed by atoms with Crippen LogP contribution in [0.5, 0.6) is 0 Å². The van der Waals surface area contributed by atoms with Gasteiger partial charge in [-0.1, -0.05) is 30.3 Å². The van der Waals surface area contributed by atoms with Crippen LogP contribution in [-0.4, -0.2) is 65.3 Å². The molecule has 3 aliphatic rings. The lowest BCUT2D eigenvalue weighted by Crippen LogP contribution is -2.53. The summed E-state index contributed by atoms with van der Waals surface area (Å²) in [6.45, 7) is 1.64. The Labute approximate surface area is 185 Å². The van der Waals surface area contributed by atoms with Crippen LogP contribution < -0.4 is 5.32 Å². The van der Waals surface area contributed by atoms with Gasteiger partial charge in [0.05, 0.1) is 31.2 Å². The van der Waals surface area contributed by atoms with Gasteiger partial charge in [-0.25, -0.2) is 0 Å². The molecular formula is C24H26N2O6. The molecule has 32 heavy (non-hydrogen) atoms. The van der Waals surface area contributed by atoms with Gasteiger partial charge in [-0.3, -0.25) is 14.4 Å². The van der Waals surface area contributed by atoms with E-state index in [1.165, 1.54) is 4.90 Å². The number of carbonyl (C=O) groups excluding carboxylic acids is 3. The number of fused-ring (bicyclic) bond motifs is 2. The number of likely N-dealkylation sites (tertiary alicyclic amines) is 1. The number of amides is 2. The fourth-order valence-electron chi connectivity index (χ4n) is 5.79. The average Bonchev–Trinajstić information content (AvgIpc) is 3.42. The van der Waals surface area contributed by atoms with Gasteiger partial charge in [-0.2, -0.15) is 0 Å². The van der Waals surface area contributed by atoms with E-state index < -0.39 is 35.6 Å². The van der Waals surface area contributed by atoms with E-state index in [9.17, 15) is 19.5 Å². The molecule has 0 saturated carbocycles. The van der Waals surface area contributed by atoms with Gasteiger partial charge in [-0.15, -0.1) is 0 Å². The molecule has 8 heteroatoms. The molecule has 168 valence electrons. The Morgan fingerprint density at radius 3 is 2.78 bits per heavy atom. The van der Waals surface area contributed by atoms with Crippen LogP contribution >= 0.6 is 0 Å². The normalized spacial score (nSPS) is 30.6. The number of esters is 1.